The Morgan fingerprint density at radius 3 is 2.71 bits per heavy atom. The fraction of sp³-hybridized carbons (Fsp3) is 0.556. The van der Waals surface area contributed by atoms with Crippen molar-refractivity contribution in [3.05, 3.63) is 15.6 Å². The highest BCUT2D eigenvalue weighted by Gasteiger charge is 2.15. The van der Waals surface area contributed by atoms with Crippen molar-refractivity contribution in [2.45, 2.75) is 26.0 Å². The maximum atomic E-state index is 10.8. The zero-order valence-corrected chi connectivity index (χ0v) is 9.87. The molecule has 0 aliphatic rings. The van der Waals surface area contributed by atoms with Gasteiger partial charge in [-0.2, -0.15) is 11.8 Å². The van der Waals surface area contributed by atoms with Crippen LogP contribution in [0.4, 0.5) is 0 Å². The molecule has 3 nitrogen and oxygen atoms in total. The molecule has 0 saturated heterocycles. The average molecular weight is 231 g/mol. The number of aromatic nitrogens is 1. The van der Waals surface area contributed by atoms with E-state index in [2.05, 4.69) is 11.9 Å². The molecule has 0 aromatic carbocycles. The van der Waals surface area contributed by atoms with Crippen LogP contribution in [0.1, 0.15) is 34.2 Å². The number of aromatic carboxylic acids is 1. The van der Waals surface area contributed by atoms with Gasteiger partial charge in [-0.3, -0.25) is 0 Å². The fourth-order valence-electron chi connectivity index (χ4n) is 1.06. The SMILES string of the molecule is CCSCc1nc(CC)c(C(=O)O)s1. The average Bonchev–Trinajstić information content (AvgIpc) is 2.57. The molecule has 0 spiro atoms. The van der Waals surface area contributed by atoms with Crippen molar-refractivity contribution < 1.29 is 9.90 Å². The Kier molecular flexibility index (Phi) is 4.41. The molecule has 0 aliphatic carbocycles. The van der Waals surface area contributed by atoms with Crippen LogP contribution >= 0.6 is 23.1 Å². The van der Waals surface area contributed by atoms with Crippen molar-refractivity contribution in [2.75, 3.05) is 5.75 Å². The van der Waals surface area contributed by atoms with Gasteiger partial charge in [-0.25, -0.2) is 9.78 Å². The fourth-order valence-corrected chi connectivity index (χ4v) is 2.77. The molecule has 1 aromatic rings. The molecule has 1 heterocycles. The predicted molar refractivity (Wildman–Crippen MR) is 60.3 cm³/mol. The summed E-state index contributed by atoms with van der Waals surface area (Å²) in [5.41, 5.74) is 0.717. The summed E-state index contributed by atoms with van der Waals surface area (Å²) in [4.78, 5) is 15.5. The van der Waals surface area contributed by atoms with Crippen LogP contribution in [0.15, 0.2) is 0 Å². The predicted octanol–water partition coefficient (Wildman–Crippen LogP) is 2.66. The van der Waals surface area contributed by atoms with Crippen LogP contribution in [-0.2, 0) is 12.2 Å². The lowest BCUT2D eigenvalue weighted by Crippen LogP contribution is -1.97. The number of carbonyl (C=O) groups is 1. The van der Waals surface area contributed by atoms with E-state index in [0.29, 0.717) is 17.0 Å². The second kappa shape index (κ2) is 5.36. The zero-order chi connectivity index (χ0) is 10.6. The Balaban J connectivity index is 2.83. The summed E-state index contributed by atoms with van der Waals surface area (Å²) in [5.74, 6) is 0.998. The lowest BCUT2D eigenvalue weighted by Gasteiger charge is -1.90. The molecule has 78 valence electrons. The van der Waals surface area contributed by atoms with Gasteiger partial charge in [0.1, 0.15) is 9.88 Å². The highest BCUT2D eigenvalue weighted by atomic mass is 32.2. The first-order valence-corrected chi connectivity index (χ1v) is 6.45. The minimum atomic E-state index is -0.855. The van der Waals surface area contributed by atoms with Crippen LogP contribution in [0.3, 0.4) is 0 Å². The number of aryl methyl sites for hydroxylation is 1. The molecule has 0 atom stereocenters. The number of thiazole rings is 1. The number of rotatable bonds is 5. The Labute approximate surface area is 91.6 Å². The van der Waals surface area contributed by atoms with E-state index in [-0.39, 0.29) is 0 Å². The molecule has 0 bridgehead atoms. The van der Waals surface area contributed by atoms with Crippen molar-refractivity contribution in [1.29, 1.82) is 0 Å². The molecule has 0 unspecified atom stereocenters. The number of carboxylic acids is 1. The van der Waals surface area contributed by atoms with E-state index < -0.39 is 5.97 Å². The first-order chi connectivity index (χ1) is 6.69. The number of carboxylic acid groups (broad SMARTS) is 1. The van der Waals surface area contributed by atoms with Crippen molar-refractivity contribution >= 4 is 29.1 Å². The number of nitrogens with zero attached hydrogens (tertiary/aromatic N) is 1. The Morgan fingerprint density at radius 2 is 2.29 bits per heavy atom. The standard InChI is InChI=1S/C9H13NO2S2/c1-3-6-8(9(11)12)14-7(10-6)5-13-4-2/h3-5H2,1-2H3,(H,11,12). The largest absolute Gasteiger partial charge is 0.477 e. The zero-order valence-electron chi connectivity index (χ0n) is 8.24. The molecule has 1 aromatic heterocycles. The van der Waals surface area contributed by atoms with E-state index in [9.17, 15) is 4.79 Å². The highest BCUT2D eigenvalue weighted by molar-refractivity contribution is 7.98. The van der Waals surface area contributed by atoms with Crippen LogP contribution in [-0.4, -0.2) is 21.8 Å². The van der Waals surface area contributed by atoms with Gasteiger partial charge in [-0.05, 0) is 12.2 Å². The van der Waals surface area contributed by atoms with E-state index >= 15 is 0 Å². The Morgan fingerprint density at radius 1 is 1.57 bits per heavy atom. The molecule has 0 radical (unpaired) electrons. The van der Waals surface area contributed by atoms with Crippen molar-refractivity contribution in [1.82, 2.24) is 4.98 Å². The summed E-state index contributed by atoms with van der Waals surface area (Å²) in [7, 11) is 0. The maximum Gasteiger partial charge on any atom is 0.347 e. The minimum absolute atomic E-state index is 0.402. The molecule has 0 saturated carbocycles. The van der Waals surface area contributed by atoms with E-state index in [1.807, 2.05) is 6.92 Å². The minimum Gasteiger partial charge on any atom is -0.477 e. The summed E-state index contributed by atoms with van der Waals surface area (Å²) in [6.07, 6.45) is 0.689. The number of thioether (sulfide) groups is 1. The molecule has 5 heteroatoms. The van der Waals surface area contributed by atoms with Crippen LogP contribution in [0.5, 0.6) is 0 Å². The molecular weight excluding hydrogens is 218 g/mol. The van der Waals surface area contributed by atoms with Gasteiger partial charge in [-0.15, -0.1) is 11.3 Å². The molecule has 1 N–H and O–H groups in total. The second-order valence-electron chi connectivity index (χ2n) is 2.68. The van der Waals surface area contributed by atoms with Crippen LogP contribution in [0, 0.1) is 0 Å². The van der Waals surface area contributed by atoms with Crippen LogP contribution in [0.2, 0.25) is 0 Å². The van der Waals surface area contributed by atoms with Gasteiger partial charge >= 0.3 is 5.97 Å². The third-order valence-electron chi connectivity index (χ3n) is 1.70. The van der Waals surface area contributed by atoms with Gasteiger partial charge in [-0.1, -0.05) is 13.8 Å². The lowest BCUT2D eigenvalue weighted by molar-refractivity contribution is 0.0701. The monoisotopic (exact) mass is 231 g/mol. The van der Waals surface area contributed by atoms with E-state index in [0.717, 1.165) is 16.5 Å². The highest BCUT2D eigenvalue weighted by Crippen LogP contribution is 2.22. The van der Waals surface area contributed by atoms with Crippen LogP contribution in [0.25, 0.3) is 0 Å². The molecular formula is C9H13NO2S2. The normalized spacial score (nSPS) is 10.4. The summed E-state index contributed by atoms with van der Waals surface area (Å²) in [5, 5.41) is 9.82. The van der Waals surface area contributed by atoms with Crippen molar-refractivity contribution in [3.8, 4) is 0 Å². The van der Waals surface area contributed by atoms with Gasteiger partial charge < -0.3 is 5.11 Å². The quantitative estimate of drug-likeness (QED) is 0.846. The van der Waals surface area contributed by atoms with Gasteiger partial charge in [0.15, 0.2) is 0 Å². The smallest absolute Gasteiger partial charge is 0.347 e. The van der Waals surface area contributed by atoms with Gasteiger partial charge in [0.25, 0.3) is 0 Å². The van der Waals surface area contributed by atoms with E-state index in [1.165, 1.54) is 11.3 Å². The van der Waals surface area contributed by atoms with E-state index in [4.69, 9.17) is 5.11 Å². The molecule has 1 rings (SSSR count). The van der Waals surface area contributed by atoms with Crippen LogP contribution < -0.4 is 0 Å². The summed E-state index contributed by atoms with van der Waals surface area (Å²) >= 11 is 3.06. The van der Waals surface area contributed by atoms with Crippen molar-refractivity contribution in [2.24, 2.45) is 0 Å². The van der Waals surface area contributed by atoms with E-state index in [1.54, 1.807) is 11.8 Å². The maximum absolute atomic E-state index is 10.8. The first-order valence-electron chi connectivity index (χ1n) is 4.48. The lowest BCUT2D eigenvalue weighted by atomic mass is 10.3. The van der Waals surface area contributed by atoms with Gasteiger partial charge in [0.2, 0.25) is 0 Å². The van der Waals surface area contributed by atoms with Gasteiger partial charge in [0, 0.05) is 5.75 Å². The number of hydrogen-bond acceptors (Lipinski definition) is 4. The Bertz CT molecular complexity index is 323. The Hall–Kier alpha value is -0.550. The summed E-state index contributed by atoms with van der Waals surface area (Å²) in [6.45, 7) is 4.01. The molecule has 0 fully saturated rings. The molecule has 0 aliphatic heterocycles. The topological polar surface area (TPSA) is 50.2 Å². The third kappa shape index (κ3) is 2.72. The molecule has 14 heavy (non-hydrogen) atoms. The molecule has 0 amide bonds. The summed E-state index contributed by atoms with van der Waals surface area (Å²) in [6, 6.07) is 0. The second-order valence-corrected chi connectivity index (χ2v) is 5.04. The number of hydrogen-bond donors (Lipinski definition) is 1. The third-order valence-corrected chi connectivity index (χ3v) is 3.85. The summed E-state index contributed by atoms with van der Waals surface area (Å²) < 4.78 is 0. The van der Waals surface area contributed by atoms with Crippen molar-refractivity contribution in [3.63, 3.8) is 0 Å². The first kappa shape index (κ1) is 11.5. The van der Waals surface area contributed by atoms with Gasteiger partial charge in [0.05, 0.1) is 5.69 Å².